The molecule has 2 rings (SSSR count). The Kier molecular flexibility index (Phi) is 2.13. The maximum atomic E-state index is 8.49. The van der Waals surface area contributed by atoms with E-state index in [2.05, 4.69) is 32.0 Å². The lowest BCUT2D eigenvalue weighted by molar-refractivity contribution is 0.541. The fourth-order valence-electron chi connectivity index (χ4n) is 2.22. The molecule has 1 aliphatic rings. The van der Waals surface area contributed by atoms with E-state index in [1.165, 1.54) is 16.7 Å². The van der Waals surface area contributed by atoms with Crippen LogP contribution >= 0.6 is 0 Å². The van der Waals surface area contributed by atoms with Crippen molar-refractivity contribution in [2.75, 3.05) is 0 Å². The van der Waals surface area contributed by atoms with E-state index in [0.29, 0.717) is 11.8 Å². The van der Waals surface area contributed by atoms with Crippen molar-refractivity contribution in [3.05, 3.63) is 41.0 Å². The van der Waals surface area contributed by atoms with Gasteiger partial charge in [0.25, 0.3) is 0 Å². The van der Waals surface area contributed by atoms with Gasteiger partial charge in [-0.15, -0.1) is 0 Å². The van der Waals surface area contributed by atoms with Crippen LogP contribution in [0.3, 0.4) is 0 Å². The maximum absolute atomic E-state index is 8.49. The number of hydrogen-bond donors (Lipinski definition) is 0. The van der Waals surface area contributed by atoms with Crippen LogP contribution < -0.4 is 0 Å². The molecule has 0 aliphatic heterocycles. The van der Waals surface area contributed by atoms with Gasteiger partial charge in [-0.05, 0) is 34.6 Å². The minimum atomic E-state index is 0.629. The van der Waals surface area contributed by atoms with Crippen molar-refractivity contribution in [2.45, 2.75) is 25.7 Å². The Balaban J connectivity index is 2.45. The minimum absolute atomic E-state index is 0.629. The van der Waals surface area contributed by atoms with Gasteiger partial charge < -0.3 is 0 Å². The van der Waals surface area contributed by atoms with Crippen LogP contribution in [0.1, 0.15) is 42.4 Å². The predicted molar refractivity (Wildman–Crippen MR) is 57.9 cm³/mol. The van der Waals surface area contributed by atoms with Crippen LogP contribution in [0.2, 0.25) is 0 Å². The van der Waals surface area contributed by atoms with Crippen LogP contribution in [0.5, 0.6) is 0 Å². The van der Waals surface area contributed by atoms with Crippen molar-refractivity contribution in [1.29, 1.82) is 5.26 Å². The van der Waals surface area contributed by atoms with E-state index in [-0.39, 0.29) is 0 Å². The average molecular weight is 183 g/mol. The van der Waals surface area contributed by atoms with Crippen LogP contribution in [-0.4, -0.2) is 0 Å². The van der Waals surface area contributed by atoms with Crippen LogP contribution in [0.4, 0.5) is 0 Å². The second kappa shape index (κ2) is 3.31. The summed E-state index contributed by atoms with van der Waals surface area (Å²) in [6.07, 6.45) is 3.45. The summed E-state index contributed by atoms with van der Waals surface area (Å²) in [6, 6.07) is 8.36. The molecule has 0 saturated carbocycles. The molecule has 0 fully saturated rings. The highest BCUT2D eigenvalue weighted by Crippen LogP contribution is 2.47. The van der Waals surface area contributed by atoms with Gasteiger partial charge in [0.15, 0.2) is 0 Å². The van der Waals surface area contributed by atoms with E-state index in [1.54, 1.807) is 6.08 Å². The number of fused-ring (bicyclic) bond motifs is 1. The molecule has 1 aliphatic carbocycles. The van der Waals surface area contributed by atoms with Crippen molar-refractivity contribution in [1.82, 2.24) is 0 Å². The molecular weight excluding hydrogens is 170 g/mol. The summed E-state index contributed by atoms with van der Waals surface area (Å²) in [7, 11) is 0. The van der Waals surface area contributed by atoms with E-state index in [0.717, 1.165) is 0 Å². The van der Waals surface area contributed by atoms with Crippen LogP contribution in [-0.2, 0) is 0 Å². The molecule has 0 spiro atoms. The summed E-state index contributed by atoms with van der Waals surface area (Å²) in [4.78, 5) is 0. The van der Waals surface area contributed by atoms with E-state index in [4.69, 9.17) is 5.26 Å². The summed E-state index contributed by atoms with van der Waals surface area (Å²) in [5, 5.41) is 8.49. The van der Waals surface area contributed by atoms with Gasteiger partial charge in [-0.25, -0.2) is 0 Å². The maximum Gasteiger partial charge on any atom is 0.0912 e. The molecule has 0 amide bonds. The van der Waals surface area contributed by atoms with Crippen LogP contribution in [0.25, 0.3) is 6.08 Å². The van der Waals surface area contributed by atoms with Gasteiger partial charge in [-0.1, -0.05) is 32.0 Å². The Bertz CT molecular complexity index is 423. The third kappa shape index (κ3) is 1.15. The van der Waals surface area contributed by atoms with Crippen molar-refractivity contribution in [2.24, 2.45) is 0 Å². The standard InChI is InChI=1S/C13H13N/c1-9-10(2)13-11(6-4-8-14)5-3-7-12(9)13/h3-7,9-10H,1-2H3/b6-4+. The summed E-state index contributed by atoms with van der Waals surface area (Å²) >= 11 is 0. The number of benzene rings is 1. The molecule has 0 radical (unpaired) electrons. The van der Waals surface area contributed by atoms with Gasteiger partial charge in [0.05, 0.1) is 6.07 Å². The third-order valence-corrected chi connectivity index (χ3v) is 3.21. The molecule has 70 valence electrons. The Morgan fingerprint density at radius 1 is 1.29 bits per heavy atom. The first-order valence-electron chi connectivity index (χ1n) is 4.94. The average Bonchev–Trinajstić information content (AvgIpc) is 2.24. The SMILES string of the molecule is CC1c2cccc(/C=C/C#N)c2C1C. The first kappa shape index (κ1) is 9.02. The lowest BCUT2D eigenvalue weighted by Crippen LogP contribution is -2.20. The van der Waals surface area contributed by atoms with Gasteiger partial charge >= 0.3 is 0 Å². The lowest BCUT2D eigenvalue weighted by Gasteiger charge is -2.36. The van der Waals surface area contributed by atoms with Crippen LogP contribution in [0, 0.1) is 11.3 Å². The van der Waals surface area contributed by atoms with E-state index >= 15 is 0 Å². The summed E-state index contributed by atoms with van der Waals surface area (Å²) in [5.41, 5.74) is 4.07. The minimum Gasteiger partial charge on any atom is -0.193 e. The first-order chi connectivity index (χ1) is 6.75. The van der Waals surface area contributed by atoms with Gasteiger partial charge in [0, 0.05) is 6.08 Å². The van der Waals surface area contributed by atoms with E-state index in [9.17, 15) is 0 Å². The summed E-state index contributed by atoms with van der Waals surface area (Å²) < 4.78 is 0. The number of allylic oxidation sites excluding steroid dienone is 1. The Morgan fingerprint density at radius 3 is 2.79 bits per heavy atom. The zero-order valence-corrected chi connectivity index (χ0v) is 8.49. The normalized spacial score (nSPS) is 24.1. The molecule has 14 heavy (non-hydrogen) atoms. The molecule has 0 aromatic heterocycles. The predicted octanol–water partition coefficient (Wildman–Crippen LogP) is 3.44. The molecule has 0 saturated heterocycles. The molecule has 1 heteroatoms. The quantitative estimate of drug-likeness (QED) is 0.612. The number of rotatable bonds is 1. The number of nitriles is 1. The Hall–Kier alpha value is -1.55. The first-order valence-corrected chi connectivity index (χ1v) is 4.94. The van der Waals surface area contributed by atoms with Gasteiger partial charge in [0.1, 0.15) is 0 Å². The third-order valence-electron chi connectivity index (χ3n) is 3.21. The second-order valence-electron chi connectivity index (χ2n) is 3.89. The van der Waals surface area contributed by atoms with Gasteiger partial charge in [0.2, 0.25) is 0 Å². The van der Waals surface area contributed by atoms with Crippen molar-refractivity contribution < 1.29 is 0 Å². The van der Waals surface area contributed by atoms with Gasteiger partial charge in [-0.3, -0.25) is 0 Å². The summed E-state index contributed by atoms with van der Waals surface area (Å²) in [6.45, 7) is 4.50. The highest BCUT2D eigenvalue weighted by atomic mass is 14.4. The monoisotopic (exact) mass is 183 g/mol. The van der Waals surface area contributed by atoms with E-state index < -0.39 is 0 Å². The fraction of sp³-hybridized carbons (Fsp3) is 0.308. The zero-order chi connectivity index (χ0) is 10.1. The number of hydrogen-bond acceptors (Lipinski definition) is 1. The second-order valence-corrected chi connectivity index (χ2v) is 3.89. The molecule has 1 aromatic carbocycles. The van der Waals surface area contributed by atoms with Crippen molar-refractivity contribution in [3.8, 4) is 6.07 Å². The lowest BCUT2D eigenvalue weighted by atomic mass is 9.68. The molecule has 2 atom stereocenters. The van der Waals surface area contributed by atoms with Crippen molar-refractivity contribution >= 4 is 6.08 Å². The Morgan fingerprint density at radius 2 is 2.07 bits per heavy atom. The van der Waals surface area contributed by atoms with Crippen LogP contribution in [0.15, 0.2) is 24.3 Å². The smallest absolute Gasteiger partial charge is 0.0912 e. The molecule has 0 heterocycles. The zero-order valence-electron chi connectivity index (χ0n) is 8.49. The Labute approximate surface area is 84.7 Å². The summed E-state index contributed by atoms with van der Waals surface area (Å²) in [5.74, 6) is 1.30. The molecular formula is C13H13N. The largest absolute Gasteiger partial charge is 0.193 e. The van der Waals surface area contributed by atoms with Crippen molar-refractivity contribution in [3.63, 3.8) is 0 Å². The number of nitrogens with zero attached hydrogens (tertiary/aromatic N) is 1. The molecule has 0 N–H and O–H groups in total. The van der Waals surface area contributed by atoms with E-state index in [1.807, 2.05) is 12.1 Å². The molecule has 2 unspecified atom stereocenters. The highest BCUT2D eigenvalue weighted by molar-refractivity contribution is 5.63. The molecule has 0 bridgehead atoms. The van der Waals surface area contributed by atoms with Gasteiger partial charge in [-0.2, -0.15) is 5.26 Å². The fourth-order valence-corrected chi connectivity index (χ4v) is 2.22. The molecule has 1 nitrogen and oxygen atoms in total. The highest BCUT2D eigenvalue weighted by Gasteiger charge is 2.31. The molecule has 1 aromatic rings. The topological polar surface area (TPSA) is 23.8 Å².